The van der Waals surface area contributed by atoms with E-state index in [1.807, 2.05) is 12.1 Å². The maximum absolute atomic E-state index is 9.78. The number of unbranched alkanes of at least 4 members (excludes halogenated alkanes) is 2. The third-order valence-corrected chi connectivity index (χ3v) is 3.57. The second kappa shape index (κ2) is 6.72. The van der Waals surface area contributed by atoms with E-state index in [4.69, 9.17) is 20.0 Å². The summed E-state index contributed by atoms with van der Waals surface area (Å²) in [6.45, 7) is 0.516. The molecule has 1 heterocycles. The van der Waals surface area contributed by atoms with Gasteiger partial charge in [0.15, 0.2) is 6.29 Å². The van der Waals surface area contributed by atoms with E-state index in [2.05, 4.69) is 5.92 Å². The Hall–Kier alpha value is -1.11. The fourth-order valence-electron chi connectivity index (χ4n) is 1.53. The highest BCUT2D eigenvalue weighted by atomic mass is 31.2. The van der Waals surface area contributed by atoms with Gasteiger partial charge >= 0.3 is 8.60 Å². The smallest absolute Gasteiger partial charge is 0.399 e. The van der Waals surface area contributed by atoms with Crippen molar-refractivity contribution in [1.82, 2.24) is 0 Å². The van der Waals surface area contributed by atoms with Crippen LogP contribution < -0.4 is 4.52 Å². The van der Waals surface area contributed by atoms with E-state index in [-0.39, 0.29) is 0 Å². The first-order chi connectivity index (χ1) is 8.81. The predicted octanol–water partition coefficient (Wildman–Crippen LogP) is 3.13. The second-order valence-electron chi connectivity index (χ2n) is 3.80. The summed E-state index contributed by atoms with van der Waals surface area (Å²) in [5, 5.41) is 9.78. The number of terminal acetylenes is 1. The number of aliphatic hydroxyl groups is 1. The third-order valence-electron chi connectivity index (χ3n) is 2.46. The topological polar surface area (TPSA) is 47.9 Å². The zero-order chi connectivity index (χ0) is 12.8. The van der Waals surface area contributed by atoms with Crippen molar-refractivity contribution in [2.24, 2.45) is 0 Å². The Kier molecular flexibility index (Phi) is 4.98. The van der Waals surface area contributed by atoms with E-state index in [9.17, 15) is 5.11 Å². The molecule has 0 spiro atoms. The Morgan fingerprint density at radius 1 is 1.39 bits per heavy atom. The van der Waals surface area contributed by atoms with Crippen molar-refractivity contribution in [3.63, 3.8) is 0 Å². The van der Waals surface area contributed by atoms with Gasteiger partial charge in [-0.3, -0.25) is 4.52 Å². The number of hydrogen-bond donors (Lipinski definition) is 1. The molecule has 18 heavy (non-hydrogen) atoms. The molecule has 1 aromatic carbocycles. The SMILES string of the molecule is C#CCCCCOP1Oc2ccccc2C(O)O1. The first kappa shape index (κ1) is 13.3. The average molecular weight is 266 g/mol. The van der Waals surface area contributed by atoms with Crippen molar-refractivity contribution >= 4 is 8.60 Å². The molecule has 1 N–H and O–H groups in total. The Morgan fingerprint density at radius 2 is 2.22 bits per heavy atom. The van der Waals surface area contributed by atoms with Gasteiger partial charge in [0.2, 0.25) is 0 Å². The van der Waals surface area contributed by atoms with Crippen molar-refractivity contribution in [3.8, 4) is 18.1 Å². The van der Waals surface area contributed by atoms with Gasteiger partial charge in [0.25, 0.3) is 0 Å². The number of para-hydroxylation sites is 1. The second-order valence-corrected chi connectivity index (χ2v) is 4.90. The number of aliphatic hydroxyl groups excluding tert-OH is 1. The van der Waals surface area contributed by atoms with Crippen LogP contribution in [0.3, 0.4) is 0 Å². The molecule has 0 saturated heterocycles. The van der Waals surface area contributed by atoms with Gasteiger partial charge in [-0.05, 0) is 18.9 Å². The van der Waals surface area contributed by atoms with E-state index in [0.717, 1.165) is 19.3 Å². The van der Waals surface area contributed by atoms with E-state index < -0.39 is 14.9 Å². The molecule has 0 saturated carbocycles. The molecule has 0 amide bonds. The van der Waals surface area contributed by atoms with E-state index >= 15 is 0 Å². The highest BCUT2D eigenvalue weighted by Crippen LogP contribution is 2.51. The average Bonchev–Trinajstić information content (AvgIpc) is 2.39. The number of fused-ring (bicyclic) bond motifs is 1. The molecular formula is C13H15O4P. The van der Waals surface area contributed by atoms with Crippen molar-refractivity contribution in [2.75, 3.05) is 6.61 Å². The van der Waals surface area contributed by atoms with Gasteiger partial charge in [-0.15, -0.1) is 12.3 Å². The first-order valence-electron chi connectivity index (χ1n) is 5.79. The number of benzene rings is 1. The van der Waals surface area contributed by atoms with Crippen LogP contribution in [-0.4, -0.2) is 11.7 Å². The first-order valence-corrected chi connectivity index (χ1v) is 6.89. The summed E-state index contributed by atoms with van der Waals surface area (Å²) in [6.07, 6.45) is 6.69. The minimum atomic E-state index is -1.52. The van der Waals surface area contributed by atoms with Gasteiger partial charge in [0, 0.05) is 6.42 Å². The lowest BCUT2D eigenvalue weighted by atomic mass is 10.2. The van der Waals surface area contributed by atoms with Crippen LogP contribution in [0.5, 0.6) is 5.75 Å². The molecule has 0 aromatic heterocycles. The van der Waals surface area contributed by atoms with E-state index in [1.165, 1.54) is 0 Å². The highest BCUT2D eigenvalue weighted by Gasteiger charge is 2.29. The van der Waals surface area contributed by atoms with Gasteiger partial charge in [0.1, 0.15) is 5.75 Å². The van der Waals surface area contributed by atoms with Gasteiger partial charge in [0.05, 0.1) is 12.2 Å². The van der Waals surface area contributed by atoms with Crippen LogP contribution in [0.15, 0.2) is 24.3 Å². The summed E-state index contributed by atoms with van der Waals surface area (Å²) in [5.41, 5.74) is 0.632. The maximum Gasteiger partial charge on any atom is 0.399 e. The monoisotopic (exact) mass is 266 g/mol. The van der Waals surface area contributed by atoms with Gasteiger partial charge in [-0.2, -0.15) is 0 Å². The maximum atomic E-state index is 9.78. The molecule has 2 atom stereocenters. The molecule has 0 radical (unpaired) electrons. The fourth-order valence-corrected chi connectivity index (χ4v) is 2.57. The number of hydrogen-bond acceptors (Lipinski definition) is 4. The predicted molar refractivity (Wildman–Crippen MR) is 68.7 cm³/mol. The third kappa shape index (κ3) is 3.44. The van der Waals surface area contributed by atoms with Crippen molar-refractivity contribution in [2.45, 2.75) is 25.6 Å². The van der Waals surface area contributed by atoms with Crippen molar-refractivity contribution < 1.29 is 18.7 Å². The van der Waals surface area contributed by atoms with Crippen molar-refractivity contribution in [3.05, 3.63) is 29.8 Å². The molecule has 2 unspecified atom stereocenters. The lowest BCUT2D eigenvalue weighted by molar-refractivity contribution is -0.0406. The van der Waals surface area contributed by atoms with E-state index in [1.54, 1.807) is 12.1 Å². The minimum Gasteiger partial charge on any atom is -0.426 e. The summed E-state index contributed by atoms with van der Waals surface area (Å²) in [7, 11) is -1.52. The molecule has 0 aliphatic carbocycles. The molecule has 1 aromatic rings. The van der Waals surface area contributed by atoms with Crippen LogP contribution in [-0.2, 0) is 9.05 Å². The van der Waals surface area contributed by atoms with Crippen molar-refractivity contribution in [1.29, 1.82) is 0 Å². The molecule has 5 heteroatoms. The minimum absolute atomic E-state index is 0.516. The standard InChI is InChI=1S/C13H15O4P/c1-2-3-4-7-10-15-18-16-12-9-6-5-8-11(12)13(14)17-18/h1,5-6,8-9,13-14H,3-4,7,10H2. The molecule has 1 aliphatic heterocycles. The summed E-state index contributed by atoms with van der Waals surface area (Å²) >= 11 is 0. The summed E-state index contributed by atoms with van der Waals surface area (Å²) in [5.74, 6) is 3.19. The Balaban J connectivity index is 1.82. The van der Waals surface area contributed by atoms with Crippen LogP contribution in [0, 0.1) is 12.3 Å². The number of rotatable bonds is 5. The molecular weight excluding hydrogens is 251 g/mol. The van der Waals surface area contributed by atoms with Gasteiger partial charge in [-0.25, -0.2) is 0 Å². The van der Waals surface area contributed by atoms with Crippen LogP contribution in [0.25, 0.3) is 0 Å². The molecule has 96 valence electrons. The quantitative estimate of drug-likeness (QED) is 0.505. The van der Waals surface area contributed by atoms with E-state index in [0.29, 0.717) is 17.9 Å². The summed E-state index contributed by atoms with van der Waals surface area (Å²) in [6, 6.07) is 7.22. The molecule has 2 rings (SSSR count). The lowest BCUT2D eigenvalue weighted by Crippen LogP contribution is -2.11. The summed E-state index contributed by atoms with van der Waals surface area (Å²) < 4.78 is 16.2. The van der Waals surface area contributed by atoms with Crippen LogP contribution in [0.4, 0.5) is 0 Å². The van der Waals surface area contributed by atoms with Gasteiger partial charge < -0.3 is 14.2 Å². The fraction of sp³-hybridized carbons (Fsp3) is 0.385. The Bertz CT molecular complexity index is 429. The zero-order valence-electron chi connectivity index (χ0n) is 9.91. The zero-order valence-corrected chi connectivity index (χ0v) is 10.8. The molecule has 0 fully saturated rings. The Morgan fingerprint density at radius 3 is 3.06 bits per heavy atom. The molecule has 0 bridgehead atoms. The molecule has 4 nitrogen and oxygen atoms in total. The normalized spacial score (nSPS) is 21.8. The lowest BCUT2D eigenvalue weighted by Gasteiger charge is -2.27. The van der Waals surface area contributed by atoms with Crippen LogP contribution >= 0.6 is 8.60 Å². The largest absolute Gasteiger partial charge is 0.426 e. The highest BCUT2D eigenvalue weighted by molar-refractivity contribution is 7.42. The molecule has 1 aliphatic rings. The Labute approximate surface area is 108 Å². The van der Waals surface area contributed by atoms with Crippen LogP contribution in [0.2, 0.25) is 0 Å². The van der Waals surface area contributed by atoms with Gasteiger partial charge in [-0.1, -0.05) is 18.2 Å². The summed E-state index contributed by atoms with van der Waals surface area (Å²) in [4.78, 5) is 0. The van der Waals surface area contributed by atoms with Crippen LogP contribution in [0.1, 0.15) is 31.1 Å².